The maximum atomic E-state index is 11.8. The predicted molar refractivity (Wildman–Crippen MR) is 76.5 cm³/mol. The molecule has 0 aliphatic carbocycles. The molecular weight excluding hydrogens is 300 g/mol. The molecule has 0 radical (unpaired) electrons. The molecule has 17 heavy (non-hydrogen) atoms. The zero-order valence-corrected chi connectivity index (χ0v) is 12.5. The topological polar surface area (TPSA) is 42.0 Å². The van der Waals surface area contributed by atoms with Gasteiger partial charge in [0.15, 0.2) is 0 Å². The van der Waals surface area contributed by atoms with Crippen LogP contribution in [0.3, 0.4) is 0 Å². The Balaban J connectivity index is 2.40. The molecule has 0 bridgehead atoms. The van der Waals surface area contributed by atoms with Crippen LogP contribution in [0.5, 0.6) is 0 Å². The minimum absolute atomic E-state index is 0.0565. The second kappa shape index (κ2) is 7.71. The number of amides is 1. The predicted octanol–water partition coefficient (Wildman–Crippen LogP) is 3.11. The van der Waals surface area contributed by atoms with E-state index in [9.17, 15) is 4.79 Å². The first kappa shape index (κ1) is 14.5. The van der Waals surface area contributed by atoms with E-state index in [-0.39, 0.29) is 11.9 Å². The van der Waals surface area contributed by atoms with Crippen LogP contribution in [-0.4, -0.2) is 28.4 Å². The third kappa shape index (κ3) is 5.55. The van der Waals surface area contributed by atoms with Gasteiger partial charge in [0.05, 0.1) is 5.56 Å². The number of hydrogen-bond donors (Lipinski definition) is 1. The summed E-state index contributed by atoms with van der Waals surface area (Å²) in [6.07, 6.45) is 2.57. The molecule has 3 nitrogen and oxygen atoms in total. The second-order valence-corrected chi connectivity index (χ2v) is 5.94. The molecule has 1 aromatic heterocycles. The molecule has 0 saturated carbocycles. The molecule has 0 saturated heterocycles. The van der Waals surface area contributed by atoms with Gasteiger partial charge in [-0.25, -0.2) is 4.98 Å². The van der Waals surface area contributed by atoms with Crippen molar-refractivity contribution in [3.05, 3.63) is 28.5 Å². The van der Waals surface area contributed by atoms with Gasteiger partial charge in [-0.2, -0.15) is 11.8 Å². The summed E-state index contributed by atoms with van der Waals surface area (Å²) in [7, 11) is 0. The van der Waals surface area contributed by atoms with E-state index in [4.69, 9.17) is 0 Å². The number of rotatable bonds is 6. The molecule has 94 valence electrons. The second-order valence-electron chi connectivity index (χ2n) is 3.73. The zero-order valence-electron chi connectivity index (χ0n) is 10.1. The lowest BCUT2D eigenvalue weighted by molar-refractivity contribution is 0.0939. The molecule has 1 N–H and O–H groups in total. The monoisotopic (exact) mass is 316 g/mol. The number of nitrogens with zero attached hydrogens (tertiary/aromatic N) is 1. The van der Waals surface area contributed by atoms with Crippen LogP contribution in [0, 0.1) is 0 Å². The molecule has 5 heteroatoms. The van der Waals surface area contributed by atoms with Crippen LogP contribution in [0.2, 0.25) is 0 Å². The highest BCUT2D eigenvalue weighted by Crippen LogP contribution is 2.08. The number of hydrogen-bond acceptors (Lipinski definition) is 3. The van der Waals surface area contributed by atoms with E-state index in [1.165, 1.54) is 0 Å². The number of carbonyl (C=O) groups excluding carboxylic acids is 1. The van der Waals surface area contributed by atoms with Crippen molar-refractivity contribution in [1.29, 1.82) is 0 Å². The van der Waals surface area contributed by atoms with E-state index < -0.39 is 0 Å². The quantitative estimate of drug-likeness (QED) is 0.647. The van der Waals surface area contributed by atoms with Gasteiger partial charge in [0.2, 0.25) is 0 Å². The van der Waals surface area contributed by atoms with Crippen LogP contribution in [0.25, 0.3) is 0 Å². The summed E-state index contributed by atoms with van der Waals surface area (Å²) in [4.78, 5) is 15.9. The van der Waals surface area contributed by atoms with Gasteiger partial charge in [-0.3, -0.25) is 4.79 Å². The van der Waals surface area contributed by atoms with Gasteiger partial charge in [0.1, 0.15) is 4.60 Å². The highest BCUT2D eigenvalue weighted by molar-refractivity contribution is 9.10. The van der Waals surface area contributed by atoms with Gasteiger partial charge in [-0.05, 0) is 52.9 Å². The van der Waals surface area contributed by atoms with Crippen molar-refractivity contribution in [3.8, 4) is 0 Å². The molecule has 0 aromatic carbocycles. The Kier molecular flexibility index (Phi) is 6.58. The molecule has 1 atom stereocenters. The van der Waals surface area contributed by atoms with Crippen molar-refractivity contribution in [1.82, 2.24) is 10.3 Å². The minimum Gasteiger partial charge on any atom is -0.350 e. The Labute approximate surface area is 115 Å². The Morgan fingerprint density at radius 1 is 1.59 bits per heavy atom. The lowest BCUT2D eigenvalue weighted by Crippen LogP contribution is -2.33. The molecule has 0 aliphatic heterocycles. The molecular formula is C12H17BrN2OS. The number of pyridine rings is 1. The Morgan fingerprint density at radius 2 is 2.35 bits per heavy atom. The van der Waals surface area contributed by atoms with E-state index in [0.717, 1.165) is 22.5 Å². The first-order valence-electron chi connectivity index (χ1n) is 5.63. The summed E-state index contributed by atoms with van der Waals surface area (Å²) >= 11 is 5.13. The maximum absolute atomic E-state index is 11.8. The van der Waals surface area contributed by atoms with Crippen molar-refractivity contribution < 1.29 is 4.79 Å². The summed E-state index contributed by atoms with van der Waals surface area (Å²) in [5.41, 5.74) is 0.600. The van der Waals surface area contributed by atoms with Crippen LogP contribution in [0.1, 0.15) is 30.6 Å². The number of aromatic nitrogens is 1. The maximum Gasteiger partial charge on any atom is 0.253 e. The Bertz CT molecular complexity index is 356. The van der Waals surface area contributed by atoms with Crippen LogP contribution in [0.4, 0.5) is 0 Å². The summed E-state index contributed by atoms with van der Waals surface area (Å²) in [6, 6.07) is 3.73. The minimum atomic E-state index is -0.0565. The van der Waals surface area contributed by atoms with E-state index in [1.807, 2.05) is 18.7 Å². The fourth-order valence-electron chi connectivity index (χ4n) is 1.29. The smallest absolute Gasteiger partial charge is 0.253 e. The van der Waals surface area contributed by atoms with Crippen molar-refractivity contribution in [2.75, 3.05) is 11.5 Å². The van der Waals surface area contributed by atoms with Crippen molar-refractivity contribution >= 4 is 33.6 Å². The fraction of sp³-hybridized carbons (Fsp3) is 0.500. The van der Waals surface area contributed by atoms with Crippen molar-refractivity contribution in [2.24, 2.45) is 0 Å². The standard InChI is InChI=1S/C12H17BrN2OS/c1-3-17-7-6-9(2)15-12(16)10-4-5-11(13)14-8-10/h4-5,8-9H,3,6-7H2,1-2H3,(H,15,16). The summed E-state index contributed by atoms with van der Waals surface area (Å²) in [5.74, 6) is 2.15. The van der Waals surface area contributed by atoms with Crippen molar-refractivity contribution in [2.45, 2.75) is 26.3 Å². The first-order valence-corrected chi connectivity index (χ1v) is 7.58. The average molecular weight is 317 g/mol. The number of thioether (sulfide) groups is 1. The molecule has 1 unspecified atom stereocenters. The van der Waals surface area contributed by atoms with Crippen molar-refractivity contribution in [3.63, 3.8) is 0 Å². The van der Waals surface area contributed by atoms with Crippen LogP contribution < -0.4 is 5.32 Å². The van der Waals surface area contributed by atoms with E-state index >= 15 is 0 Å². The summed E-state index contributed by atoms with van der Waals surface area (Å²) < 4.78 is 0.737. The molecule has 0 spiro atoms. The SMILES string of the molecule is CCSCCC(C)NC(=O)c1ccc(Br)nc1. The lowest BCUT2D eigenvalue weighted by Gasteiger charge is -2.13. The first-order chi connectivity index (χ1) is 8.13. The Hall–Kier alpha value is -0.550. The fourth-order valence-corrected chi connectivity index (χ4v) is 2.34. The molecule has 1 rings (SSSR count). The summed E-state index contributed by atoms with van der Waals surface area (Å²) in [5, 5.41) is 2.97. The summed E-state index contributed by atoms with van der Waals surface area (Å²) in [6.45, 7) is 4.17. The number of nitrogens with one attached hydrogen (secondary N) is 1. The zero-order chi connectivity index (χ0) is 12.7. The molecule has 1 aromatic rings. The van der Waals surface area contributed by atoms with Crippen LogP contribution in [0.15, 0.2) is 22.9 Å². The largest absolute Gasteiger partial charge is 0.350 e. The van der Waals surface area contributed by atoms with E-state index in [0.29, 0.717) is 5.56 Å². The van der Waals surface area contributed by atoms with Gasteiger partial charge in [-0.15, -0.1) is 0 Å². The van der Waals surface area contributed by atoms with E-state index in [1.54, 1.807) is 18.3 Å². The average Bonchev–Trinajstić information content (AvgIpc) is 2.30. The van der Waals surface area contributed by atoms with Crippen LogP contribution >= 0.6 is 27.7 Å². The van der Waals surface area contributed by atoms with Gasteiger partial charge in [0, 0.05) is 12.2 Å². The normalized spacial score (nSPS) is 12.2. The van der Waals surface area contributed by atoms with Crippen LogP contribution in [-0.2, 0) is 0 Å². The van der Waals surface area contributed by atoms with E-state index in [2.05, 4.69) is 33.2 Å². The lowest BCUT2D eigenvalue weighted by atomic mass is 10.2. The molecule has 1 amide bonds. The third-order valence-electron chi connectivity index (χ3n) is 2.27. The van der Waals surface area contributed by atoms with Gasteiger partial charge < -0.3 is 5.32 Å². The number of carbonyl (C=O) groups is 1. The highest BCUT2D eigenvalue weighted by atomic mass is 79.9. The number of halogens is 1. The van der Waals surface area contributed by atoms with Gasteiger partial charge in [0.25, 0.3) is 5.91 Å². The molecule has 1 heterocycles. The third-order valence-corrected chi connectivity index (χ3v) is 3.67. The molecule has 0 fully saturated rings. The Morgan fingerprint density at radius 3 is 2.94 bits per heavy atom. The molecule has 0 aliphatic rings. The highest BCUT2D eigenvalue weighted by Gasteiger charge is 2.09. The van der Waals surface area contributed by atoms with Gasteiger partial charge in [-0.1, -0.05) is 6.92 Å². The van der Waals surface area contributed by atoms with Gasteiger partial charge >= 0.3 is 0 Å².